The van der Waals surface area contributed by atoms with E-state index in [4.69, 9.17) is 16.7 Å². The Labute approximate surface area is 113 Å². The van der Waals surface area contributed by atoms with E-state index in [2.05, 4.69) is 12.2 Å². The second-order valence-electron chi connectivity index (χ2n) is 4.48. The van der Waals surface area contributed by atoms with E-state index in [1.54, 1.807) is 0 Å². The fourth-order valence-electron chi connectivity index (χ4n) is 1.86. The van der Waals surface area contributed by atoms with Gasteiger partial charge >= 0.3 is 5.97 Å². The zero-order chi connectivity index (χ0) is 13.5. The highest BCUT2D eigenvalue weighted by Gasteiger charge is 2.19. The molecule has 0 fully saturated rings. The van der Waals surface area contributed by atoms with E-state index >= 15 is 0 Å². The SMILES string of the molecule is CCCCC(N[C@@H](C)c1cccc(Cl)c1)C(=O)O. The van der Waals surface area contributed by atoms with Crippen LogP contribution in [0.4, 0.5) is 0 Å². The smallest absolute Gasteiger partial charge is 0.320 e. The van der Waals surface area contributed by atoms with Crippen LogP contribution in [0.1, 0.15) is 44.7 Å². The average Bonchev–Trinajstić information content (AvgIpc) is 2.33. The third kappa shape index (κ3) is 4.67. The highest BCUT2D eigenvalue weighted by atomic mass is 35.5. The van der Waals surface area contributed by atoms with E-state index in [0.717, 1.165) is 18.4 Å². The van der Waals surface area contributed by atoms with Crippen molar-refractivity contribution in [2.24, 2.45) is 0 Å². The molecule has 3 nitrogen and oxygen atoms in total. The molecular formula is C14H20ClNO2. The minimum atomic E-state index is -0.794. The molecule has 0 saturated carbocycles. The lowest BCUT2D eigenvalue weighted by Crippen LogP contribution is -2.38. The Bertz CT molecular complexity index is 395. The van der Waals surface area contributed by atoms with Gasteiger partial charge in [0.15, 0.2) is 0 Å². The summed E-state index contributed by atoms with van der Waals surface area (Å²) >= 11 is 5.93. The maximum Gasteiger partial charge on any atom is 0.320 e. The third-order valence-corrected chi connectivity index (χ3v) is 3.18. The van der Waals surface area contributed by atoms with Crippen molar-refractivity contribution in [3.8, 4) is 0 Å². The van der Waals surface area contributed by atoms with Crippen LogP contribution in [0.2, 0.25) is 5.02 Å². The summed E-state index contributed by atoms with van der Waals surface area (Å²) in [4.78, 5) is 11.2. The average molecular weight is 270 g/mol. The molecule has 1 rings (SSSR count). The molecule has 18 heavy (non-hydrogen) atoms. The Morgan fingerprint density at radius 1 is 1.50 bits per heavy atom. The molecule has 2 N–H and O–H groups in total. The van der Waals surface area contributed by atoms with Crippen molar-refractivity contribution in [2.75, 3.05) is 0 Å². The number of carbonyl (C=O) groups is 1. The number of nitrogens with one attached hydrogen (secondary N) is 1. The number of halogens is 1. The lowest BCUT2D eigenvalue weighted by atomic mass is 10.0. The van der Waals surface area contributed by atoms with E-state index in [-0.39, 0.29) is 6.04 Å². The molecular weight excluding hydrogens is 250 g/mol. The van der Waals surface area contributed by atoms with Crippen LogP contribution in [0.5, 0.6) is 0 Å². The van der Waals surface area contributed by atoms with Crippen molar-refractivity contribution in [1.82, 2.24) is 5.32 Å². The van der Waals surface area contributed by atoms with Gasteiger partial charge in [-0.3, -0.25) is 10.1 Å². The number of hydrogen-bond acceptors (Lipinski definition) is 2. The Hall–Kier alpha value is -1.06. The van der Waals surface area contributed by atoms with Gasteiger partial charge in [0.05, 0.1) is 0 Å². The first-order valence-corrected chi connectivity index (χ1v) is 6.66. The first-order chi connectivity index (χ1) is 8.54. The van der Waals surface area contributed by atoms with E-state index in [1.807, 2.05) is 31.2 Å². The third-order valence-electron chi connectivity index (χ3n) is 2.94. The van der Waals surface area contributed by atoms with Gasteiger partial charge in [0.1, 0.15) is 6.04 Å². The molecule has 0 spiro atoms. The Balaban J connectivity index is 2.65. The topological polar surface area (TPSA) is 49.3 Å². The molecule has 2 atom stereocenters. The van der Waals surface area contributed by atoms with Crippen LogP contribution in [0.25, 0.3) is 0 Å². The zero-order valence-electron chi connectivity index (χ0n) is 10.8. The van der Waals surface area contributed by atoms with Crippen LogP contribution < -0.4 is 5.32 Å². The first kappa shape index (κ1) is 15.0. The molecule has 4 heteroatoms. The van der Waals surface area contributed by atoms with Crippen molar-refractivity contribution in [2.45, 2.75) is 45.2 Å². The summed E-state index contributed by atoms with van der Waals surface area (Å²) in [5.74, 6) is -0.794. The number of carboxylic acid groups (broad SMARTS) is 1. The number of aliphatic carboxylic acids is 1. The predicted molar refractivity (Wildman–Crippen MR) is 74.0 cm³/mol. The van der Waals surface area contributed by atoms with E-state index in [1.165, 1.54) is 0 Å². The second kappa shape index (κ2) is 7.39. The van der Waals surface area contributed by atoms with Crippen molar-refractivity contribution >= 4 is 17.6 Å². The van der Waals surface area contributed by atoms with Gasteiger partial charge in [0, 0.05) is 11.1 Å². The summed E-state index contributed by atoms with van der Waals surface area (Å²) in [6, 6.07) is 6.96. The van der Waals surface area contributed by atoms with Crippen LogP contribution in [-0.4, -0.2) is 17.1 Å². The van der Waals surface area contributed by atoms with Crippen molar-refractivity contribution < 1.29 is 9.90 Å². The molecule has 0 heterocycles. The summed E-state index contributed by atoms with van der Waals surface area (Å²) in [5.41, 5.74) is 1.00. The maximum absolute atomic E-state index is 11.2. The molecule has 0 aromatic heterocycles. The molecule has 0 radical (unpaired) electrons. The molecule has 0 aliphatic carbocycles. The fourth-order valence-corrected chi connectivity index (χ4v) is 2.06. The maximum atomic E-state index is 11.2. The lowest BCUT2D eigenvalue weighted by molar-refractivity contribution is -0.139. The standard InChI is InChI=1S/C14H20ClNO2/c1-3-4-8-13(14(17)18)16-10(2)11-6-5-7-12(15)9-11/h5-7,9-10,13,16H,3-4,8H2,1-2H3,(H,17,18)/t10-,13?/m0/s1. The first-order valence-electron chi connectivity index (χ1n) is 6.29. The van der Waals surface area contributed by atoms with E-state index in [0.29, 0.717) is 11.4 Å². The van der Waals surface area contributed by atoms with Crippen molar-refractivity contribution in [1.29, 1.82) is 0 Å². The van der Waals surface area contributed by atoms with Gasteiger partial charge in [-0.15, -0.1) is 0 Å². The summed E-state index contributed by atoms with van der Waals surface area (Å²) in [6.45, 7) is 4.01. The van der Waals surface area contributed by atoms with Gasteiger partial charge in [0.2, 0.25) is 0 Å². The normalized spacial score (nSPS) is 14.2. The van der Waals surface area contributed by atoms with Crippen LogP contribution >= 0.6 is 11.6 Å². The van der Waals surface area contributed by atoms with Gasteiger partial charge in [-0.05, 0) is 31.0 Å². The number of benzene rings is 1. The molecule has 0 amide bonds. The van der Waals surface area contributed by atoms with Crippen molar-refractivity contribution in [3.05, 3.63) is 34.9 Å². The van der Waals surface area contributed by atoms with Gasteiger partial charge in [-0.2, -0.15) is 0 Å². The Kier molecular flexibility index (Phi) is 6.16. The lowest BCUT2D eigenvalue weighted by Gasteiger charge is -2.20. The second-order valence-corrected chi connectivity index (χ2v) is 4.91. The highest BCUT2D eigenvalue weighted by molar-refractivity contribution is 6.30. The fraction of sp³-hybridized carbons (Fsp3) is 0.500. The largest absolute Gasteiger partial charge is 0.480 e. The van der Waals surface area contributed by atoms with E-state index in [9.17, 15) is 4.79 Å². The monoisotopic (exact) mass is 269 g/mol. The van der Waals surface area contributed by atoms with Gasteiger partial charge in [0.25, 0.3) is 0 Å². The number of unbranched alkanes of at least 4 members (excludes halogenated alkanes) is 1. The number of hydrogen-bond donors (Lipinski definition) is 2. The highest BCUT2D eigenvalue weighted by Crippen LogP contribution is 2.18. The van der Waals surface area contributed by atoms with E-state index < -0.39 is 12.0 Å². The molecule has 1 aromatic carbocycles. The molecule has 1 unspecified atom stereocenters. The van der Waals surface area contributed by atoms with Crippen LogP contribution in [0.3, 0.4) is 0 Å². The van der Waals surface area contributed by atoms with Crippen LogP contribution in [0, 0.1) is 0 Å². The van der Waals surface area contributed by atoms with Gasteiger partial charge in [-0.1, -0.05) is 43.5 Å². The Morgan fingerprint density at radius 3 is 2.78 bits per heavy atom. The molecule has 0 bridgehead atoms. The van der Waals surface area contributed by atoms with Crippen LogP contribution in [-0.2, 0) is 4.79 Å². The zero-order valence-corrected chi connectivity index (χ0v) is 11.6. The Morgan fingerprint density at radius 2 is 2.22 bits per heavy atom. The van der Waals surface area contributed by atoms with Gasteiger partial charge < -0.3 is 5.11 Å². The number of rotatable bonds is 7. The quantitative estimate of drug-likeness (QED) is 0.795. The van der Waals surface area contributed by atoms with Gasteiger partial charge in [-0.25, -0.2) is 0 Å². The minimum absolute atomic E-state index is 0.0262. The van der Waals surface area contributed by atoms with Crippen LogP contribution in [0.15, 0.2) is 24.3 Å². The van der Waals surface area contributed by atoms with Crippen molar-refractivity contribution in [3.63, 3.8) is 0 Å². The molecule has 0 saturated heterocycles. The molecule has 0 aliphatic rings. The molecule has 0 aliphatic heterocycles. The summed E-state index contributed by atoms with van der Waals surface area (Å²) in [5, 5.41) is 13.0. The summed E-state index contributed by atoms with van der Waals surface area (Å²) in [7, 11) is 0. The summed E-state index contributed by atoms with van der Waals surface area (Å²) < 4.78 is 0. The number of carboxylic acids is 1. The summed E-state index contributed by atoms with van der Waals surface area (Å²) in [6.07, 6.45) is 2.56. The molecule has 1 aromatic rings. The predicted octanol–water partition coefficient (Wildman–Crippen LogP) is 3.63. The minimum Gasteiger partial charge on any atom is -0.480 e. The molecule has 100 valence electrons.